The first-order valence-corrected chi connectivity index (χ1v) is 10.3. The van der Waals surface area contributed by atoms with Crippen molar-refractivity contribution in [2.24, 2.45) is 5.10 Å². The van der Waals surface area contributed by atoms with Gasteiger partial charge in [-0.05, 0) is 42.7 Å². The number of rotatable bonds is 3. The number of carbonyl (C=O) groups is 1. The number of sulfone groups is 1. The fraction of sp³-hybridized carbons (Fsp3) is 0.263. The lowest BCUT2D eigenvalue weighted by atomic mass is 10.2. The largest absolute Gasteiger partial charge is 0.337 e. The second-order valence-corrected chi connectivity index (χ2v) is 8.54. The molecular formula is C19H17F2N3O3S. The molecule has 4 rings (SSSR count). The third-order valence-corrected chi connectivity index (χ3v) is 6.42. The van der Waals surface area contributed by atoms with Gasteiger partial charge in [0.05, 0.1) is 17.1 Å². The molecular weight excluding hydrogens is 388 g/mol. The average Bonchev–Trinajstić information content (AvgIpc) is 3.17. The highest BCUT2D eigenvalue weighted by Crippen LogP contribution is 2.33. The maximum atomic E-state index is 13.6. The molecule has 1 amide bonds. The molecule has 2 aromatic carbocycles. The molecule has 2 aliphatic rings. The van der Waals surface area contributed by atoms with Crippen LogP contribution in [0.4, 0.5) is 14.5 Å². The van der Waals surface area contributed by atoms with Crippen LogP contribution < -0.4 is 5.01 Å². The van der Waals surface area contributed by atoms with Gasteiger partial charge in [0.2, 0.25) is 14.9 Å². The SMILES string of the molecule is O=C(C1=NN(Cc2cc(F)cc(F)c2)c2ccccc2S1(=O)=O)N1CCCC1. The summed E-state index contributed by atoms with van der Waals surface area (Å²) in [5.41, 5.74) is 0.522. The summed E-state index contributed by atoms with van der Waals surface area (Å²) >= 11 is 0. The van der Waals surface area contributed by atoms with Gasteiger partial charge in [0.1, 0.15) is 11.6 Å². The van der Waals surface area contributed by atoms with Gasteiger partial charge in [0.25, 0.3) is 5.91 Å². The number of halogens is 2. The Kier molecular flexibility index (Phi) is 4.62. The summed E-state index contributed by atoms with van der Waals surface area (Å²) < 4.78 is 53.1. The Hall–Kier alpha value is -2.81. The molecule has 0 saturated carbocycles. The number of fused-ring (bicyclic) bond motifs is 1. The van der Waals surface area contributed by atoms with Crippen molar-refractivity contribution in [3.8, 4) is 0 Å². The van der Waals surface area contributed by atoms with Crippen LogP contribution in [0.5, 0.6) is 0 Å². The van der Waals surface area contributed by atoms with E-state index in [9.17, 15) is 22.0 Å². The van der Waals surface area contributed by atoms with Crippen LogP contribution in [0.1, 0.15) is 18.4 Å². The van der Waals surface area contributed by atoms with Gasteiger partial charge in [0, 0.05) is 19.2 Å². The smallest absolute Gasteiger partial charge is 0.286 e. The molecule has 146 valence electrons. The van der Waals surface area contributed by atoms with Gasteiger partial charge in [-0.2, -0.15) is 5.10 Å². The number of nitrogens with zero attached hydrogens (tertiary/aromatic N) is 3. The standard InChI is InChI=1S/C19H17F2N3O3S/c20-14-9-13(10-15(21)11-14)12-24-16-5-1-2-6-17(16)28(26,27)18(22-24)19(25)23-7-3-4-8-23/h1-2,5-6,9-11H,3-4,7-8,12H2. The number of carbonyl (C=O) groups excluding carboxylic acids is 1. The van der Waals surface area contributed by atoms with Crippen LogP contribution in [-0.2, 0) is 21.2 Å². The zero-order valence-electron chi connectivity index (χ0n) is 14.8. The predicted octanol–water partition coefficient (Wildman–Crippen LogP) is 2.69. The lowest BCUT2D eigenvalue weighted by Crippen LogP contribution is -2.42. The summed E-state index contributed by atoms with van der Waals surface area (Å²) in [5.74, 6) is -2.14. The minimum Gasteiger partial charge on any atom is -0.337 e. The zero-order chi connectivity index (χ0) is 19.9. The number of para-hydroxylation sites is 1. The van der Waals surface area contributed by atoms with Gasteiger partial charge >= 0.3 is 0 Å². The van der Waals surface area contributed by atoms with E-state index < -0.39 is 32.4 Å². The monoisotopic (exact) mass is 405 g/mol. The molecule has 0 unspecified atom stereocenters. The van der Waals surface area contributed by atoms with E-state index in [1.807, 2.05) is 0 Å². The first-order valence-electron chi connectivity index (χ1n) is 8.81. The molecule has 0 spiro atoms. The Bertz CT molecular complexity index is 1060. The molecule has 2 heterocycles. The Morgan fingerprint density at radius 3 is 2.36 bits per heavy atom. The minimum atomic E-state index is -4.09. The molecule has 0 N–H and O–H groups in total. The highest BCUT2D eigenvalue weighted by atomic mass is 32.2. The summed E-state index contributed by atoms with van der Waals surface area (Å²) in [7, 11) is -4.09. The van der Waals surface area contributed by atoms with Crippen molar-refractivity contribution in [3.63, 3.8) is 0 Å². The van der Waals surface area contributed by atoms with E-state index in [1.54, 1.807) is 18.2 Å². The number of hydrogen-bond donors (Lipinski definition) is 0. The van der Waals surface area contributed by atoms with Crippen LogP contribution in [0.3, 0.4) is 0 Å². The van der Waals surface area contributed by atoms with E-state index >= 15 is 0 Å². The molecule has 2 aromatic rings. The Labute approximate surface area is 161 Å². The zero-order valence-corrected chi connectivity index (χ0v) is 15.6. The molecule has 2 aliphatic heterocycles. The molecule has 28 heavy (non-hydrogen) atoms. The number of likely N-dealkylation sites (tertiary alicyclic amines) is 1. The highest BCUT2D eigenvalue weighted by molar-refractivity contribution is 8.08. The van der Waals surface area contributed by atoms with Crippen LogP contribution in [-0.4, -0.2) is 37.4 Å². The topological polar surface area (TPSA) is 70.0 Å². The maximum Gasteiger partial charge on any atom is 0.286 e. The molecule has 1 saturated heterocycles. The first-order chi connectivity index (χ1) is 13.4. The third kappa shape index (κ3) is 3.26. The lowest BCUT2D eigenvalue weighted by Gasteiger charge is -2.28. The van der Waals surface area contributed by atoms with E-state index in [1.165, 1.54) is 16.0 Å². The van der Waals surface area contributed by atoms with Crippen molar-refractivity contribution in [1.29, 1.82) is 0 Å². The van der Waals surface area contributed by atoms with Crippen LogP contribution in [0.25, 0.3) is 0 Å². The van der Waals surface area contributed by atoms with Gasteiger partial charge in [-0.3, -0.25) is 9.80 Å². The van der Waals surface area contributed by atoms with E-state index in [-0.39, 0.29) is 22.7 Å². The van der Waals surface area contributed by atoms with Gasteiger partial charge in [-0.15, -0.1) is 0 Å². The Morgan fingerprint density at radius 2 is 1.68 bits per heavy atom. The second kappa shape index (κ2) is 6.97. The van der Waals surface area contributed by atoms with Crippen molar-refractivity contribution in [2.45, 2.75) is 24.3 Å². The van der Waals surface area contributed by atoms with Crippen molar-refractivity contribution in [2.75, 3.05) is 18.1 Å². The van der Waals surface area contributed by atoms with Gasteiger partial charge in [-0.1, -0.05) is 12.1 Å². The maximum absolute atomic E-state index is 13.6. The van der Waals surface area contributed by atoms with Gasteiger partial charge in [-0.25, -0.2) is 17.2 Å². The number of hydrogen-bond acceptors (Lipinski definition) is 5. The van der Waals surface area contributed by atoms with Crippen molar-refractivity contribution in [1.82, 2.24) is 4.90 Å². The quantitative estimate of drug-likeness (QED) is 0.787. The molecule has 0 aliphatic carbocycles. The average molecular weight is 405 g/mol. The third-order valence-electron chi connectivity index (χ3n) is 4.73. The van der Waals surface area contributed by atoms with E-state index in [2.05, 4.69) is 5.10 Å². The fourth-order valence-corrected chi connectivity index (χ4v) is 4.91. The van der Waals surface area contributed by atoms with E-state index in [0.29, 0.717) is 13.1 Å². The van der Waals surface area contributed by atoms with E-state index in [4.69, 9.17) is 0 Å². The molecule has 1 fully saturated rings. The second-order valence-electron chi connectivity index (χ2n) is 6.71. The van der Waals surface area contributed by atoms with Gasteiger partial charge in [0.15, 0.2) is 0 Å². The Balaban J connectivity index is 1.79. The van der Waals surface area contributed by atoms with Crippen molar-refractivity contribution >= 4 is 26.5 Å². The molecule has 9 heteroatoms. The number of benzene rings is 2. The van der Waals surface area contributed by atoms with Crippen molar-refractivity contribution < 1.29 is 22.0 Å². The summed E-state index contributed by atoms with van der Waals surface area (Å²) in [5, 5.41) is 4.84. The minimum absolute atomic E-state index is 0.0515. The van der Waals surface area contributed by atoms with Gasteiger partial charge < -0.3 is 4.90 Å². The van der Waals surface area contributed by atoms with Crippen LogP contribution in [0, 0.1) is 11.6 Å². The predicted molar refractivity (Wildman–Crippen MR) is 99.4 cm³/mol. The summed E-state index contributed by atoms with van der Waals surface area (Å²) in [6.07, 6.45) is 1.61. The number of anilines is 1. The van der Waals surface area contributed by atoms with E-state index in [0.717, 1.165) is 31.0 Å². The molecule has 0 radical (unpaired) electrons. The summed E-state index contributed by atoms with van der Waals surface area (Å²) in [6, 6.07) is 9.18. The fourth-order valence-electron chi connectivity index (χ4n) is 3.43. The number of amides is 1. The van der Waals surface area contributed by atoms with Crippen LogP contribution in [0.15, 0.2) is 52.5 Å². The summed E-state index contributed by atoms with van der Waals surface area (Å²) in [6.45, 7) is 0.867. The highest BCUT2D eigenvalue weighted by Gasteiger charge is 2.39. The van der Waals surface area contributed by atoms with Crippen LogP contribution in [0.2, 0.25) is 0 Å². The lowest BCUT2D eigenvalue weighted by molar-refractivity contribution is -0.122. The normalized spacial score (nSPS) is 18.0. The first kappa shape index (κ1) is 18.5. The molecule has 0 aromatic heterocycles. The molecule has 0 atom stereocenters. The molecule has 6 nitrogen and oxygen atoms in total. The van der Waals surface area contributed by atoms with Crippen LogP contribution >= 0.6 is 0 Å². The summed E-state index contributed by atoms with van der Waals surface area (Å²) in [4.78, 5) is 14.2. The Morgan fingerprint density at radius 1 is 1.04 bits per heavy atom. The van der Waals surface area contributed by atoms with Crippen molar-refractivity contribution in [3.05, 3.63) is 59.7 Å². The molecule has 0 bridgehead atoms. The number of hydrazone groups is 1.